The molecular formula is C16H23BrIN. The molecule has 0 aliphatic carbocycles. The van der Waals surface area contributed by atoms with Gasteiger partial charge in [0.15, 0.2) is 0 Å². The molecule has 1 aliphatic heterocycles. The summed E-state index contributed by atoms with van der Waals surface area (Å²) in [6, 6.07) is 9.74. The average molecular weight is 436 g/mol. The monoisotopic (exact) mass is 435 g/mol. The molecule has 19 heavy (non-hydrogen) atoms. The van der Waals surface area contributed by atoms with Crippen molar-refractivity contribution >= 4 is 38.5 Å². The van der Waals surface area contributed by atoms with Gasteiger partial charge in [-0.25, -0.2) is 0 Å². The van der Waals surface area contributed by atoms with Gasteiger partial charge in [0.2, 0.25) is 0 Å². The topological polar surface area (TPSA) is 3.24 Å². The Morgan fingerprint density at radius 2 is 2.00 bits per heavy atom. The zero-order valence-corrected chi connectivity index (χ0v) is 15.4. The quantitative estimate of drug-likeness (QED) is 0.463. The minimum Gasteiger partial charge on any atom is -0.296 e. The molecule has 106 valence electrons. The van der Waals surface area contributed by atoms with Crippen molar-refractivity contribution < 1.29 is 0 Å². The Morgan fingerprint density at radius 3 is 2.68 bits per heavy atom. The van der Waals surface area contributed by atoms with Crippen LogP contribution < -0.4 is 0 Å². The van der Waals surface area contributed by atoms with E-state index < -0.39 is 0 Å². The zero-order chi connectivity index (χ0) is 13.7. The molecule has 2 atom stereocenters. The van der Waals surface area contributed by atoms with Crippen LogP contribution in [-0.4, -0.2) is 22.3 Å². The maximum atomic E-state index is 3.73. The predicted octanol–water partition coefficient (Wildman–Crippen LogP) is 5.21. The Hall–Kier alpha value is 0.390. The molecule has 2 rings (SSSR count). The molecule has 1 saturated heterocycles. The highest BCUT2D eigenvalue weighted by Crippen LogP contribution is 2.24. The molecule has 0 N–H and O–H groups in total. The number of hydrogen-bond acceptors (Lipinski definition) is 1. The number of likely N-dealkylation sites (tertiary alicyclic amines) is 1. The van der Waals surface area contributed by atoms with Crippen LogP contribution in [0, 0.1) is 3.57 Å². The fraction of sp³-hybridized carbons (Fsp3) is 0.625. The summed E-state index contributed by atoms with van der Waals surface area (Å²) in [4.78, 5) is 3.32. The minimum atomic E-state index is 0.620. The van der Waals surface area contributed by atoms with E-state index in [9.17, 15) is 0 Å². The van der Waals surface area contributed by atoms with E-state index in [4.69, 9.17) is 0 Å². The Morgan fingerprint density at radius 1 is 1.26 bits per heavy atom. The molecular weight excluding hydrogens is 413 g/mol. The van der Waals surface area contributed by atoms with Gasteiger partial charge < -0.3 is 0 Å². The fourth-order valence-corrected chi connectivity index (χ4v) is 3.70. The third-order valence-electron chi connectivity index (χ3n) is 3.89. The van der Waals surface area contributed by atoms with Crippen molar-refractivity contribution in [3.05, 3.63) is 33.4 Å². The number of halogens is 2. The molecule has 0 amide bonds. The highest BCUT2D eigenvalue weighted by atomic mass is 127. The van der Waals surface area contributed by atoms with Crippen LogP contribution in [0.2, 0.25) is 0 Å². The lowest BCUT2D eigenvalue weighted by Gasteiger charge is -2.31. The molecule has 0 bridgehead atoms. The molecule has 1 heterocycles. The summed E-state index contributed by atoms with van der Waals surface area (Å²) in [5, 5.41) is 0. The van der Waals surface area contributed by atoms with Crippen molar-refractivity contribution in [2.75, 3.05) is 6.54 Å². The Bertz CT molecular complexity index is 377. The Labute approximate surface area is 139 Å². The van der Waals surface area contributed by atoms with Crippen LogP contribution in [-0.2, 0) is 6.54 Å². The molecule has 1 nitrogen and oxygen atoms in total. The molecule has 0 spiro atoms. The van der Waals surface area contributed by atoms with Crippen molar-refractivity contribution in [2.24, 2.45) is 0 Å². The number of hydrogen-bond donors (Lipinski definition) is 0. The smallest absolute Gasteiger partial charge is 0.0236 e. The molecule has 1 aliphatic rings. The average Bonchev–Trinajstić information content (AvgIpc) is 2.58. The van der Waals surface area contributed by atoms with Crippen molar-refractivity contribution in [3.63, 3.8) is 0 Å². The van der Waals surface area contributed by atoms with E-state index in [1.165, 1.54) is 47.8 Å². The Balaban J connectivity index is 2.02. The lowest BCUT2D eigenvalue weighted by Crippen LogP contribution is -2.35. The molecule has 2 unspecified atom stereocenters. The molecule has 1 fully saturated rings. The van der Waals surface area contributed by atoms with Gasteiger partial charge in [-0.3, -0.25) is 4.90 Å². The summed E-state index contributed by atoms with van der Waals surface area (Å²) >= 11 is 6.10. The van der Waals surface area contributed by atoms with Gasteiger partial charge in [0.05, 0.1) is 0 Å². The normalized spacial score (nSPS) is 23.0. The van der Waals surface area contributed by atoms with Crippen molar-refractivity contribution in [1.29, 1.82) is 0 Å². The van der Waals surface area contributed by atoms with Gasteiger partial charge in [-0.15, -0.1) is 0 Å². The maximum Gasteiger partial charge on any atom is 0.0236 e. The van der Waals surface area contributed by atoms with Crippen LogP contribution >= 0.6 is 38.5 Å². The third kappa shape index (κ3) is 5.35. The van der Waals surface area contributed by atoms with Crippen molar-refractivity contribution in [1.82, 2.24) is 4.90 Å². The standard InChI is InChI=1S/C16H23BrIN/c1-13(17)11-16-5-3-2-4-10-19(16)12-14-6-8-15(18)9-7-14/h6-9,13,16H,2-5,10-12H2,1H3. The lowest BCUT2D eigenvalue weighted by molar-refractivity contribution is 0.182. The first-order valence-electron chi connectivity index (χ1n) is 7.27. The van der Waals surface area contributed by atoms with E-state index in [-0.39, 0.29) is 0 Å². The Kier molecular flexibility index (Phi) is 6.63. The molecule has 0 saturated carbocycles. The minimum absolute atomic E-state index is 0.620. The van der Waals surface area contributed by atoms with Gasteiger partial charge in [-0.05, 0) is 66.1 Å². The molecule has 1 aromatic carbocycles. The van der Waals surface area contributed by atoms with E-state index in [0.717, 1.165) is 12.6 Å². The van der Waals surface area contributed by atoms with Crippen LogP contribution in [0.1, 0.15) is 44.6 Å². The van der Waals surface area contributed by atoms with Gasteiger partial charge in [-0.2, -0.15) is 0 Å². The van der Waals surface area contributed by atoms with E-state index in [1.54, 1.807) is 0 Å². The molecule has 1 aromatic rings. The summed E-state index contributed by atoms with van der Waals surface area (Å²) in [6.45, 7) is 4.64. The second-order valence-corrected chi connectivity index (χ2v) is 8.43. The largest absolute Gasteiger partial charge is 0.296 e. The van der Waals surface area contributed by atoms with E-state index in [2.05, 4.69) is 74.6 Å². The first kappa shape index (κ1) is 15.8. The van der Waals surface area contributed by atoms with Gasteiger partial charge in [-0.1, -0.05) is 47.8 Å². The summed E-state index contributed by atoms with van der Waals surface area (Å²) in [7, 11) is 0. The molecule has 0 radical (unpaired) electrons. The predicted molar refractivity (Wildman–Crippen MR) is 94.8 cm³/mol. The first-order chi connectivity index (χ1) is 9.15. The van der Waals surface area contributed by atoms with Crippen LogP contribution in [0.4, 0.5) is 0 Å². The van der Waals surface area contributed by atoms with Gasteiger partial charge in [0.25, 0.3) is 0 Å². The molecule has 3 heteroatoms. The van der Waals surface area contributed by atoms with Crippen LogP contribution in [0.15, 0.2) is 24.3 Å². The van der Waals surface area contributed by atoms with Crippen LogP contribution in [0.3, 0.4) is 0 Å². The fourth-order valence-electron chi connectivity index (χ4n) is 2.91. The van der Waals surface area contributed by atoms with Crippen LogP contribution in [0.5, 0.6) is 0 Å². The van der Waals surface area contributed by atoms with Crippen molar-refractivity contribution in [3.8, 4) is 0 Å². The SMILES string of the molecule is CC(Br)CC1CCCCCN1Cc1ccc(I)cc1. The maximum absolute atomic E-state index is 3.73. The number of nitrogens with zero attached hydrogens (tertiary/aromatic N) is 1. The third-order valence-corrected chi connectivity index (χ3v) is 4.99. The summed E-state index contributed by atoms with van der Waals surface area (Å²) in [5.41, 5.74) is 1.45. The highest BCUT2D eigenvalue weighted by Gasteiger charge is 2.22. The lowest BCUT2D eigenvalue weighted by atomic mass is 10.0. The summed E-state index contributed by atoms with van der Waals surface area (Å²) in [6.07, 6.45) is 6.78. The number of benzene rings is 1. The number of rotatable bonds is 4. The van der Waals surface area contributed by atoms with E-state index in [1.807, 2.05) is 0 Å². The second kappa shape index (κ2) is 7.99. The van der Waals surface area contributed by atoms with Gasteiger partial charge >= 0.3 is 0 Å². The summed E-state index contributed by atoms with van der Waals surface area (Å²) in [5.74, 6) is 0. The zero-order valence-electron chi connectivity index (χ0n) is 11.6. The number of alkyl halides is 1. The van der Waals surface area contributed by atoms with Gasteiger partial charge in [0, 0.05) is 21.0 Å². The second-order valence-electron chi connectivity index (χ2n) is 5.62. The van der Waals surface area contributed by atoms with Gasteiger partial charge in [0.1, 0.15) is 0 Å². The van der Waals surface area contributed by atoms with E-state index in [0.29, 0.717) is 4.83 Å². The first-order valence-corrected chi connectivity index (χ1v) is 9.27. The van der Waals surface area contributed by atoms with E-state index >= 15 is 0 Å². The molecule has 0 aromatic heterocycles. The highest BCUT2D eigenvalue weighted by molar-refractivity contribution is 14.1. The van der Waals surface area contributed by atoms with Crippen LogP contribution in [0.25, 0.3) is 0 Å². The summed E-state index contributed by atoms with van der Waals surface area (Å²) < 4.78 is 1.32. The van der Waals surface area contributed by atoms with Crippen molar-refractivity contribution in [2.45, 2.75) is 56.4 Å².